The highest BCUT2D eigenvalue weighted by Crippen LogP contribution is 2.15. The molecule has 1 aliphatic carbocycles. The van der Waals surface area contributed by atoms with Gasteiger partial charge in [-0.1, -0.05) is 0 Å². The van der Waals surface area contributed by atoms with E-state index in [4.69, 9.17) is 5.73 Å². The maximum Gasteiger partial charge on any atom is 0.254 e. The SMILES string of the molecule is NCCc1nc2c(c(=O)[nH]1)CCCC2. The molecule has 0 fully saturated rings. The predicted octanol–water partition coefficient (Wildman–Crippen LogP) is 0.150. The molecule has 0 amide bonds. The van der Waals surface area contributed by atoms with Crippen molar-refractivity contribution < 1.29 is 0 Å². The Kier molecular flexibility index (Phi) is 2.63. The Morgan fingerprint density at radius 2 is 2.14 bits per heavy atom. The minimum Gasteiger partial charge on any atom is -0.330 e. The van der Waals surface area contributed by atoms with Gasteiger partial charge in [0.05, 0.1) is 5.69 Å². The van der Waals surface area contributed by atoms with Crippen molar-refractivity contribution in [1.29, 1.82) is 0 Å². The number of aryl methyl sites for hydroxylation is 1. The number of rotatable bonds is 2. The first kappa shape index (κ1) is 9.40. The van der Waals surface area contributed by atoms with Crippen LogP contribution >= 0.6 is 0 Å². The Hall–Kier alpha value is -1.16. The smallest absolute Gasteiger partial charge is 0.254 e. The third-order valence-electron chi connectivity index (χ3n) is 2.62. The van der Waals surface area contributed by atoms with Crippen molar-refractivity contribution in [3.8, 4) is 0 Å². The molecule has 76 valence electrons. The quantitative estimate of drug-likeness (QED) is 0.702. The normalized spacial score (nSPS) is 15.2. The first-order valence-electron chi connectivity index (χ1n) is 5.12. The minimum absolute atomic E-state index is 0.0400. The lowest BCUT2D eigenvalue weighted by Gasteiger charge is -2.14. The van der Waals surface area contributed by atoms with Crippen molar-refractivity contribution in [2.75, 3.05) is 6.54 Å². The summed E-state index contributed by atoms with van der Waals surface area (Å²) in [5, 5.41) is 0. The van der Waals surface area contributed by atoms with Gasteiger partial charge < -0.3 is 10.7 Å². The van der Waals surface area contributed by atoms with Gasteiger partial charge in [-0.05, 0) is 32.2 Å². The Labute approximate surface area is 82.6 Å². The van der Waals surface area contributed by atoms with Crippen LogP contribution in [0.2, 0.25) is 0 Å². The van der Waals surface area contributed by atoms with Crippen LogP contribution in [0, 0.1) is 0 Å². The summed E-state index contributed by atoms with van der Waals surface area (Å²) < 4.78 is 0. The summed E-state index contributed by atoms with van der Waals surface area (Å²) in [6.07, 6.45) is 4.72. The summed E-state index contributed by atoms with van der Waals surface area (Å²) >= 11 is 0. The van der Waals surface area contributed by atoms with E-state index in [1.165, 1.54) is 0 Å². The highest BCUT2D eigenvalue weighted by Gasteiger charge is 2.14. The number of H-pyrrole nitrogens is 1. The molecule has 1 heterocycles. The van der Waals surface area contributed by atoms with E-state index in [-0.39, 0.29) is 5.56 Å². The van der Waals surface area contributed by atoms with Gasteiger partial charge in [-0.2, -0.15) is 0 Å². The van der Waals surface area contributed by atoms with E-state index in [9.17, 15) is 4.79 Å². The lowest BCUT2D eigenvalue weighted by atomic mass is 9.97. The Morgan fingerprint density at radius 3 is 2.93 bits per heavy atom. The Morgan fingerprint density at radius 1 is 1.36 bits per heavy atom. The van der Waals surface area contributed by atoms with Crippen LogP contribution in [-0.4, -0.2) is 16.5 Å². The number of aromatic amines is 1. The fourth-order valence-corrected chi connectivity index (χ4v) is 1.91. The van der Waals surface area contributed by atoms with Crippen LogP contribution in [0.3, 0.4) is 0 Å². The second-order valence-corrected chi connectivity index (χ2v) is 3.68. The largest absolute Gasteiger partial charge is 0.330 e. The van der Waals surface area contributed by atoms with Gasteiger partial charge in [0.15, 0.2) is 0 Å². The highest BCUT2D eigenvalue weighted by molar-refractivity contribution is 5.20. The summed E-state index contributed by atoms with van der Waals surface area (Å²) in [4.78, 5) is 18.8. The Bertz CT molecular complexity index is 383. The summed E-state index contributed by atoms with van der Waals surface area (Å²) in [5.41, 5.74) is 7.34. The van der Waals surface area contributed by atoms with Gasteiger partial charge in [0, 0.05) is 12.0 Å². The number of nitrogens with two attached hydrogens (primary N) is 1. The monoisotopic (exact) mass is 193 g/mol. The van der Waals surface area contributed by atoms with E-state index in [1.54, 1.807) is 0 Å². The number of hydrogen-bond acceptors (Lipinski definition) is 3. The van der Waals surface area contributed by atoms with Gasteiger partial charge in [0.25, 0.3) is 5.56 Å². The molecular formula is C10H15N3O. The number of hydrogen-bond donors (Lipinski definition) is 2. The molecular weight excluding hydrogens is 178 g/mol. The maximum absolute atomic E-state index is 11.6. The zero-order chi connectivity index (χ0) is 9.97. The van der Waals surface area contributed by atoms with Crippen molar-refractivity contribution in [2.24, 2.45) is 5.73 Å². The zero-order valence-electron chi connectivity index (χ0n) is 8.18. The van der Waals surface area contributed by atoms with Gasteiger partial charge in [-0.3, -0.25) is 4.79 Å². The summed E-state index contributed by atoms with van der Waals surface area (Å²) in [6.45, 7) is 0.529. The molecule has 4 heteroatoms. The van der Waals surface area contributed by atoms with Crippen molar-refractivity contribution in [3.63, 3.8) is 0 Å². The van der Waals surface area contributed by atoms with E-state index in [1.807, 2.05) is 0 Å². The molecule has 4 nitrogen and oxygen atoms in total. The van der Waals surface area contributed by atoms with Crippen LogP contribution in [0.15, 0.2) is 4.79 Å². The number of nitrogens with zero attached hydrogens (tertiary/aromatic N) is 1. The first-order valence-corrected chi connectivity index (χ1v) is 5.12. The topological polar surface area (TPSA) is 71.8 Å². The van der Waals surface area contributed by atoms with E-state index in [2.05, 4.69) is 9.97 Å². The summed E-state index contributed by atoms with van der Waals surface area (Å²) in [7, 11) is 0. The highest BCUT2D eigenvalue weighted by atomic mass is 16.1. The molecule has 0 unspecified atom stereocenters. The van der Waals surface area contributed by atoms with Gasteiger partial charge in [0.1, 0.15) is 5.82 Å². The van der Waals surface area contributed by atoms with Crippen LogP contribution in [-0.2, 0) is 19.3 Å². The van der Waals surface area contributed by atoms with Crippen molar-refractivity contribution >= 4 is 0 Å². The second-order valence-electron chi connectivity index (χ2n) is 3.68. The van der Waals surface area contributed by atoms with E-state index in [0.29, 0.717) is 13.0 Å². The molecule has 1 aromatic heterocycles. The third kappa shape index (κ3) is 1.70. The first-order chi connectivity index (χ1) is 6.81. The molecule has 1 aromatic rings. The van der Waals surface area contributed by atoms with Gasteiger partial charge in [0.2, 0.25) is 0 Å². The zero-order valence-corrected chi connectivity index (χ0v) is 8.18. The predicted molar refractivity (Wildman–Crippen MR) is 54.3 cm³/mol. The molecule has 14 heavy (non-hydrogen) atoms. The number of fused-ring (bicyclic) bond motifs is 1. The van der Waals surface area contributed by atoms with Crippen molar-refractivity contribution in [3.05, 3.63) is 27.4 Å². The minimum atomic E-state index is 0.0400. The van der Waals surface area contributed by atoms with Crippen LogP contribution in [0.5, 0.6) is 0 Å². The molecule has 0 bridgehead atoms. The van der Waals surface area contributed by atoms with Crippen LogP contribution in [0.25, 0.3) is 0 Å². The van der Waals surface area contributed by atoms with Crippen molar-refractivity contribution in [2.45, 2.75) is 32.1 Å². The van der Waals surface area contributed by atoms with Crippen LogP contribution < -0.4 is 11.3 Å². The Balaban J connectivity index is 2.41. The fraction of sp³-hybridized carbons (Fsp3) is 0.600. The molecule has 1 aliphatic rings. The number of nitrogens with one attached hydrogen (secondary N) is 1. The molecule has 0 atom stereocenters. The van der Waals surface area contributed by atoms with Gasteiger partial charge >= 0.3 is 0 Å². The second kappa shape index (κ2) is 3.92. The van der Waals surface area contributed by atoms with Crippen molar-refractivity contribution in [1.82, 2.24) is 9.97 Å². The lowest BCUT2D eigenvalue weighted by molar-refractivity contribution is 0.645. The average Bonchev–Trinajstić information content (AvgIpc) is 2.18. The lowest BCUT2D eigenvalue weighted by Crippen LogP contribution is -2.23. The maximum atomic E-state index is 11.6. The molecule has 3 N–H and O–H groups in total. The average molecular weight is 193 g/mol. The van der Waals surface area contributed by atoms with E-state index < -0.39 is 0 Å². The summed E-state index contributed by atoms with van der Waals surface area (Å²) in [5.74, 6) is 0.734. The molecule has 2 rings (SSSR count). The molecule has 0 saturated carbocycles. The molecule has 0 aliphatic heterocycles. The summed E-state index contributed by atoms with van der Waals surface area (Å²) in [6, 6.07) is 0. The standard InChI is InChI=1S/C10H15N3O/c11-6-5-9-12-8-4-2-1-3-7(8)10(14)13-9/h1-6,11H2,(H,12,13,14). The molecule has 0 saturated heterocycles. The van der Waals surface area contributed by atoms with Gasteiger partial charge in [-0.15, -0.1) is 0 Å². The fourth-order valence-electron chi connectivity index (χ4n) is 1.91. The number of aromatic nitrogens is 2. The third-order valence-corrected chi connectivity index (χ3v) is 2.62. The van der Waals surface area contributed by atoms with Crippen LogP contribution in [0.4, 0.5) is 0 Å². The van der Waals surface area contributed by atoms with Crippen LogP contribution in [0.1, 0.15) is 29.9 Å². The molecule has 0 aromatic carbocycles. The molecule has 0 spiro atoms. The van der Waals surface area contributed by atoms with Gasteiger partial charge in [-0.25, -0.2) is 4.98 Å². The van der Waals surface area contributed by atoms with E-state index in [0.717, 1.165) is 42.8 Å². The molecule has 0 radical (unpaired) electrons. The van der Waals surface area contributed by atoms with E-state index >= 15 is 0 Å².